The number of hydrogen-bond acceptors (Lipinski definition) is 6. The van der Waals surface area contributed by atoms with E-state index in [-0.39, 0.29) is 5.91 Å². The van der Waals surface area contributed by atoms with Gasteiger partial charge in [-0.2, -0.15) is 0 Å². The first-order valence-corrected chi connectivity index (χ1v) is 9.19. The molecule has 1 aliphatic rings. The Bertz CT molecular complexity index is 891. The molecule has 0 spiro atoms. The van der Waals surface area contributed by atoms with Crippen molar-refractivity contribution in [3.05, 3.63) is 52.9 Å². The van der Waals surface area contributed by atoms with Crippen LogP contribution in [0.15, 0.2) is 52.4 Å². The lowest BCUT2D eigenvalue weighted by molar-refractivity contribution is -0.115. The van der Waals surface area contributed by atoms with Crippen LogP contribution in [0, 0.1) is 0 Å². The Balaban J connectivity index is 1.80. The van der Waals surface area contributed by atoms with Gasteiger partial charge in [-0.1, -0.05) is 6.07 Å². The van der Waals surface area contributed by atoms with Crippen molar-refractivity contribution < 1.29 is 19.0 Å². The van der Waals surface area contributed by atoms with Gasteiger partial charge >= 0.3 is 0 Å². The van der Waals surface area contributed by atoms with E-state index >= 15 is 0 Å². The average Bonchev–Trinajstić information content (AvgIpc) is 3.02. The maximum atomic E-state index is 12.3. The lowest BCUT2D eigenvalue weighted by atomic mass is 10.2. The highest BCUT2D eigenvalue weighted by atomic mass is 32.2. The largest absolute Gasteiger partial charge is 0.497 e. The van der Waals surface area contributed by atoms with Crippen LogP contribution in [0.4, 0.5) is 5.69 Å². The third-order valence-corrected chi connectivity index (χ3v) is 4.65. The predicted molar refractivity (Wildman–Crippen MR) is 108 cm³/mol. The lowest BCUT2D eigenvalue weighted by Gasteiger charge is -2.09. The summed E-state index contributed by atoms with van der Waals surface area (Å²) in [4.78, 5) is 17.3. The zero-order chi connectivity index (χ0) is 19.2. The molecular formula is C20H20N2O4S. The number of thioether (sulfide) groups is 1. The van der Waals surface area contributed by atoms with Gasteiger partial charge in [-0.3, -0.25) is 4.79 Å². The van der Waals surface area contributed by atoms with E-state index in [9.17, 15) is 4.79 Å². The van der Waals surface area contributed by atoms with Crippen molar-refractivity contribution >= 4 is 34.6 Å². The molecule has 140 valence electrons. The van der Waals surface area contributed by atoms with Crippen molar-refractivity contribution in [2.24, 2.45) is 4.99 Å². The number of amidine groups is 1. The van der Waals surface area contributed by atoms with E-state index in [2.05, 4.69) is 10.3 Å². The summed E-state index contributed by atoms with van der Waals surface area (Å²) >= 11 is 1.29. The van der Waals surface area contributed by atoms with Crippen LogP contribution in [-0.4, -0.2) is 31.9 Å². The highest BCUT2D eigenvalue weighted by Crippen LogP contribution is 2.32. The summed E-state index contributed by atoms with van der Waals surface area (Å²) in [7, 11) is 3.21. The van der Waals surface area contributed by atoms with E-state index in [1.807, 2.05) is 49.4 Å². The Morgan fingerprint density at radius 1 is 1.07 bits per heavy atom. The van der Waals surface area contributed by atoms with Gasteiger partial charge in [0.25, 0.3) is 5.91 Å². The molecule has 1 saturated heterocycles. The van der Waals surface area contributed by atoms with Crippen molar-refractivity contribution in [1.29, 1.82) is 0 Å². The number of aliphatic imine (C=N–C) groups is 1. The van der Waals surface area contributed by atoms with Gasteiger partial charge in [0.05, 0.1) is 31.4 Å². The molecule has 1 amide bonds. The van der Waals surface area contributed by atoms with Gasteiger partial charge in [-0.25, -0.2) is 4.99 Å². The van der Waals surface area contributed by atoms with Crippen molar-refractivity contribution in [3.63, 3.8) is 0 Å². The minimum atomic E-state index is -0.180. The SMILES string of the molecule is CCOc1cc(/C=C2\SC(=Nc3ccc(OC)cc3)NC2=O)ccc1OC. The number of methoxy groups -OCH3 is 2. The summed E-state index contributed by atoms with van der Waals surface area (Å²) in [6, 6.07) is 12.9. The second kappa shape index (κ2) is 8.64. The minimum Gasteiger partial charge on any atom is -0.497 e. The number of hydrogen-bond donors (Lipinski definition) is 1. The molecule has 7 heteroatoms. The molecule has 0 aromatic heterocycles. The van der Waals surface area contributed by atoms with Crippen LogP contribution in [0.5, 0.6) is 17.2 Å². The number of nitrogens with one attached hydrogen (secondary N) is 1. The molecule has 1 fully saturated rings. The van der Waals surface area contributed by atoms with Crippen LogP contribution >= 0.6 is 11.8 Å². The molecule has 0 unspecified atom stereocenters. The molecule has 2 aromatic rings. The molecule has 0 saturated carbocycles. The van der Waals surface area contributed by atoms with Crippen LogP contribution < -0.4 is 19.5 Å². The zero-order valence-electron chi connectivity index (χ0n) is 15.3. The summed E-state index contributed by atoms with van der Waals surface area (Å²) in [5, 5.41) is 3.32. The number of nitrogens with zero attached hydrogens (tertiary/aromatic N) is 1. The molecular weight excluding hydrogens is 364 g/mol. The van der Waals surface area contributed by atoms with Crippen LogP contribution in [0.25, 0.3) is 6.08 Å². The number of rotatable bonds is 6. The fraction of sp³-hybridized carbons (Fsp3) is 0.200. The normalized spacial score (nSPS) is 16.5. The predicted octanol–water partition coefficient (Wildman–Crippen LogP) is 3.99. The van der Waals surface area contributed by atoms with Crippen molar-refractivity contribution in [3.8, 4) is 17.2 Å². The Labute approximate surface area is 162 Å². The van der Waals surface area contributed by atoms with Crippen molar-refractivity contribution in [2.75, 3.05) is 20.8 Å². The molecule has 0 radical (unpaired) electrons. The lowest BCUT2D eigenvalue weighted by Crippen LogP contribution is -2.19. The molecule has 27 heavy (non-hydrogen) atoms. The quantitative estimate of drug-likeness (QED) is 0.763. The summed E-state index contributed by atoms with van der Waals surface area (Å²) in [6.07, 6.45) is 1.80. The maximum Gasteiger partial charge on any atom is 0.264 e. The smallest absolute Gasteiger partial charge is 0.264 e. The van der Waals surface area contributed by atoms with Gasteiger partial charge in [0.15, 0.2) is 16.7 Å². The Hall–Kier alpha value is -2.93. The molecule has 1 aliphatic heterocycles. The van der Waals surface area contributed by atoms with Crippen LogP contribution in [0.3, 0.4) is 0 Å². The van der Waals surface area contributed by atoms with Gasteiger partial charge in [-0.05, 0) is 66.7 Å². The summed E-state index contributed by atoms with van der Waals surface area (Å²) in [6.45, 7) is 2.44. The molecule has 0 atom stereocenters. The summed E-state index contributed by atoms with van der Waals surface area (Å²) < 4.78 is 16.0. The van der Waals surface area contributed by atoms with Crippen LogP contribution in [-0.2, 0) is 4.79 Å². The zero-order valence-corrected chi connectivity index (χ0v) is 16.1. The molecule has 3 rings (SSSR count). The molecule has 6 nitrogen and oxygen atoms in total. The average molecular weight is 384 g/mol. The molecule has 0 aliphatic carbocycles. The molecule has 2 aromatic carbocycles. The van der Waals surface area contributed by atoms with Gasteiger partial charge in [-0.15, -0.1) is 0 Å². The summed E-state index contributed by atoms with van der Waals surface area (Å²) in [5.41, 5.74) is 1.59. The highest BCUT2D eigenvalue weighted by Gasteiger charge is 2.24. The fourth-order valence-corrected chi connectivity index (χ4v) is 3.30. The maximum absolute atomic E-state index is 12.3. The second-order valence-corrected chi connectivity index (χ2v) is 6.55. The highest BCUT2D eigenvalue weighted by molar-refractivity contribution is 8.18. The van der Waals surface area contributed by atoms with E-state index in [0.29, 0.717) is 28.2 Å². The van der Waals surface area contributed by atoms with E-state index in [4.69, 9.17) is 14.2 Å². The van der Waals surface area contributed by atoms with Gasteiger partial charge in [0.1, 0.15) is 5.75 Å². The number of benzene rings is 2. The number of ether oxygens (including phenoxy) is 3. The number of carbonyl (C=O) groups is 1. The first-order chi connectivity index (χ1) is 13.1. The van der Waals surface area contributed by atoms with Crippen LogP contribution in [0.2, 0.25) is 0 Å². The van der Waals surface area contributed by atoms with Crippen molar-refractivity contribution in [1.82, 2.24) is 5.32 Å². The molecule has 1 heterocycles. The standard InChI is InChI=1S/C20H20N2O4S/c1-4-26-17-11-13(5-10-16(17)25-3)12-18-19(23)22-20(27-18)21-14-6-8-15(24-2)9-7-14/h5-12H,4H2,1-3H3,(H,21,22,23)/b18-12-. The van der Waals surface area contributed by atoms with E-state index in [1.54, 1.807) is 20.3 Å². The number of amides is 1. The topological polar surface area (TPSA) is 69.2 Å². The minimum absolute atomic E-state index is 0.180. The van der Waals surface area contributed by atoms with E-state index < -0.39 is 0 Å². The number of carbonyl (C=O) groups excluding carboxylic acids is 1. The Morgan fingerprint density at radius 2 is 1.85 bits per heavy atom. The van der Waals surface area contributed by atoms with Crippen LogP contribution in [0.1, 0.15) is 12.5 Å². The Kier molecular flexibility index (Phi) is 6.03. The molecule has 0 bridgehead atoms. The first kappa shape index (κ1) is 18.8. The monoisotopic (exact) mass is 384 g/mol. The Morgan fingerprint density at radius 3 is 2.52 bits per heavy atom. The van der Waals surface area contributed by atoms with E-state index in [0.717, 1.165) is 17.0 Å². The van der Waals surface area contributed by atoms with E-state index in [1.165, 1.54) is 11.8 Å². The third kappa shape index (κ3) is 4.62. The molecule has 1 N–H and O–H groups in total. The summed E-state index contributed by atoms with van der Waals surface area (Å²) in [5.74, 6) is 1.88. The fourth-order valence-electron chi connectivity index (χ4n) is 2.46. The van der Waals surface area contributed by atoms with Gasteiger partial charge in [0, 0.05) is 0 Å². The second-order valence-electron chi connectivity index (χ2n) is 5.52. The third-order valence-electron chi connectivity index (χ3n) is 3.74. The van der Waals surface area contributed by atoms with Gasteiger partial charge in [0.2, 0.25) is 0 Å². The van der Waals surface area contributed by atoms with Crippen molar-refractivity contribution in [2.45, 2.75) is 6.92 Å². The van der Waals surface area contributed by atoms with Gasteiger partial charge < -0.3 is 19.5 Å². The first-order valence-electron chi connectivity index (χ1n) is 8.37.